The first-order chi connectivity index (χ1) is 19.2. The highest BCUT2D eigenvalue weighted by Crippen LogP contribution is 2.38. The maximum atomic E-state index is 15.5. The molecule has 0 aliphatic carbocycles. The van der Waals surface area contributed by atoms with E-state index in [1.165, 1.54) is 13.0 Å². The Balaban J connectivity index is 1.48. The summed E-state index contributed by atoms with van der Waals surface area (Å²) in [6.45, 7) is 1.55. The number of amides is 1. The zero-order valence-corrected chi connectivity index (χ0v) is 21.4. The lowest BCUT2D eigenvalue weighted by atomic mass is 9.95. The van der Waals surface area contributed by atoms with Crippen molar-refractivity contribution in [2.75, 3.05) is 18.0 Å². The molecule has 7 nitrogen and oxygen atoms in total. The van der Waals surface area contributed by atoms with Crippen LogP contribution in [0.15, 0.2) is 35.3 Å². The van der Waals surface area contributed by atoms with Crippen molar-refractivity contribution in [3.8, 4) is 11.4 Å². The summed E-state index contributed by atoms with van der Waals surface area (Å²) in [5.74, 6) is -4.19. The summed E-state index contributed by atoms with van der Waals surface area (Å²) in [6.07, 6.45) is -8.36. The molecule has 1 fully saturated rings. The number of halogens is 8. The first-order valence-corrected chi connectivity index (χ1v) is 12.4. The van der Waals surface area contributed by atoms with Crippen LogP contribution in [0.25, 0.3) is 11.4 Å². The van der Waals surface area contributed by atoms with E-state index in [0.717, 1.165) is 18.3 Å². The zero-order chi connectivity index (χ0) is 30.1. The molecule has 1 aliphatic rings. The number of carbonyl (C=O) groups is 1. The number of pyridine rings is 1. The van der Waals surface area contributed by atoms with Crippen LogP contribution in [0.4, 0.5) is 40.9 Å². The number of aromatic nitrogens is 3. The van der Waals surface area contributed by atoms with Crippen molar-refractivity contribution in [1.29, 1.82) is 0 Å². The molecule has 0 saturated carbocycles. The van der Waals surface area contributed by atoms with Gasteiger partial charge in [-0.15, -0.1) is 0 Å². The van der Waals surface area contributed by atoms with Crippen LogP contribution in [0, 0.1) is 17.6 Å². The summed E-state index contributed by atoms with van der Waals surface area (Å²) < 4.78 is 109. The number of piperidine rings is 1. The van der Waals surface area contributed by atoms with E-state index in [4.69, 9.17) is 0 Å². The Morgan fingerprint density at radius 3 is 2.27 bits per heavy atom. The third kappa shape index (κ3) is 6.49. The second-order valence-electron chi connectivity index (χ2n) is 9.37. The molecule has 1 saturated heterocycles. The van der Waals surface area contributed by atoms with Crippen LogP contribution < -0.4 is 15.8 Å². The maximum absolute atomic E-state index is 15.5. The molecule has 0 atom stereocenters. The number of nitrogens with one attached hydrogen (secondary N) is 2. The molecular weight excluding hydrogens is 566 g/mol. The highest BCUT2D eigenvalue weighted by molar-refractivity contribution is 5.79. The van der Waals surface area contributed by atoms with Crippen molar-refractivity contribution in [2.45, 2.75) is 45.1 Å². The number of carbonyl (C=O) groups excluding carboxylic acids is 1. The predicted octanol–water partition coefficient (Wildman–Crippen LogP) is 5.24. The Bertz CT molecular complexity index is 1480. The summed E-state index contributed by atoms with van der Waals surface area (Å²) >= 11 is 0. The molecule has 1 aliphatic heterocycles. The Kier molecular flexibility index (Phi) is 8.36. The largest absolute Gasteiger partial charge is 0.417 e. The monoisotopic (exact) mass is 589 g/mol. The van der Waals surface area contributed by atoms with Gasteiger partial charge in [-0.05, 0) is 37.5 Å². The molecule has 0 bridgehead atoms. The summed E-state index contributed by atoms with van der Waals surface area (Å²) in [4.78, 5) is 35.8. The van der Waals surface area contributed by atoms with Crippen LogP contribution in [-0.4, -0.2) is 33.9 Å². The maximum Gasteiger partial charge on any atom is 0.417 e. The number of hydrogen-bond donors (Lipinski definition) is 2. The second kappa shape index (κ2) is 11.4. The van der Waals surface area contributed by atoms with E-state index in [1.54, 1.807) is 4.90 Å². The fraction of sp³-hybridized carbons (Fsp3) is 0.385. The van der Waals surface area contributed by atoms with Gasteiger partial charge in [0.05, 0.1) is 22.4 Å². The topological polar surface area (TPSA) is 91.0 Å². The van der Waals surface area contributed by atoms with Gasteiger partial charge < -0.3 is 15.2 Å². The average Bonchev–Trinajstić information content (AvgIpc) is 2.92. The van der Waals surface area contributed by atoms with E-state index in [9.17, 15) is 40.3 Å². The number of benzene rings is 1. The number of aromatic amines is 1. The van der Waals surface area contributed by atoms with E-state index in [2.05, 4.69) is 15.3 Å². The van der Waals surface area contributed by atoms with Gasteiger partial charge in [-0.25, -0.2) is 14.4 Å². The quantitative estimate of drug-likeness (QED) is 0.384. The van der Waals surface area contributed by atoms with Crippen LogP contribution in [0.2, 0.25) is 0 Å². The van der Waals surface area contributed by atoms with E-state index in [-0.39, 0.29) is 12.0 Å². The van der Waals surface area contributed by atoms with E-state index in [1.807, 2.05) is 4.98 Å². The van der Waals surface area contributed by atoms with Gasteiger partial charge in [-0.1, -0.05) is 13.0 Å². The van der Waals surface area contributed by atoms with Gasteiger partial charge in [0, 0.05) is 37.3 Å². The molecule has 0 radical (unpaired) electrons. The van der Waals surface area contributed by atoms with Crippen LogP contribution in [0.3, 0.4) is 0 Å². The van der Waals surface area contributed by atoms with Crippen molar-refractivity contribution in [3.05, 3.63) is 74.8 Å². The van der Waals surface area contributed by atoms with Crippen molar-refractivity contribution in [1.82, 2.24) is 20.3 Å². The van der Waals surface area contributed by atoms with Crippen molar-refractivity contribution in [2.24, 2.45) is 5.92 Å². The number of alkyl halides is 6. The summed E-state index contributed by atoms with van der Waals surface area (Å²) in [6, 6.07) is 3.59. The first-order valence-electron chi connectivity index (χ1n) is 12.4. The number of anilines is 1. The minimum atomic E-state index is -5.03. The zero-order valence-electron chi connectivity index (χ0n) is 21.4. The number of rotatable bonds is 6. The molecule has 0 spiro atoms. The van der Waals surface area contributed by atoms with Gasteiger partial charge in [0.2, 0.25) is 11.7 Å². The fourth-order valence-corrected chi connectivity index (χ4v) is 4.52. The molecule has 1 aromatic carbocycles. The number of H-pyrrole nitrogens is 1. The van der Waals surface area contributed by atoms with Crippen molar-refractivity contribution >= 4 is 11.7 Å². The van der Waals surface area contributed by atoms with Crippen molar-refractivity contribution < 1.29 is 39.9 Å². The predicted molar refractivity (Wildman–Crippen MR) is 131 cm³/mol. The summed E-state index contributed by atoms with van der Waals surface area (Å²) in [5.41, 5.74) is -5.51. The molecule has 3 heterocycles. The third-order valence-electron chi connectivity index (χ3n) is 6.75. The van der Waals surface area contributed by atoms with Gasteiger partial charge in [0.1, 0.15) is 17.5 Å². The lowest BCUT2D eigenvalue weighted by molar-refractivity contribution is -0.138. The minimum Gasteiger partial charge on any atom is -0.357 e. The normalized spacial score (nSPS) is 14.8. The molecule has 0 unspecified atom stereocenters. The lowest BCUT2D eigenvalue weighted by Crippen LogP contribution is -2.40. The molecular formula is C26H23F8N5O2. The van der Waals surface area contributed by atoms with Gasteiger partial charge in [0.25, 0.3) is 5.56 Å². The fourth-order valence-electron chi connectivity index (χ4n) is 4.52. The Morgan fingerprint density at radius 2 is 1.71 bits per heavy atom. The SMILES string of the molecule is CCc1nc(-c2c(C(F)(F)F)ccc(CNC(=O)C3CCN(c4ccc(C(F)(F)F)cn4)CC3)c2F)[nH]c(=O)c1F. The molecule has 220 valence electrons. The number of nitrogens with zero attached hydrogens (tertiary/aromatic N) is 3. The van der Waals surface area contributed by atoms with Gasteiger partial charge in [-0.2, -0.15) is 30.7 Å². The van der Waals surface area contributed by atoms with E-state index < -0.39 is 76.1 Å². The summed E-state index contributed by atoms with van der Waals surface area (Å²) in [7, 11) is 0. The molecule has 2 N–H and O–H groups in total. The Labute approximate surface area is 227 Å². The number of aryl methyl sites for hydroxylation is 1. The highest BCUT2D eigenvalue weighted by Gasteiger charge is 2.37. The molecule has 15 heteroatoms. The van der Waals surface area contributed by atoms with E-state index >= 15 is 4.39 Å². The number of hydrogen-bond acceptors (Lipinski definition) is 5. The van der Waals surface area contributed by atoms with E-state index in [0.29, 0.717) is 37.8 Å². The average molecular weight is 589 g/mol. The van der Waals surface area contributed by atoms with Gasteiger partial charge in [0.15, 0.2) is 0 Å². The van der Waals surface area contributed by atoms with Crippen LogP contribution in [-0.2, 0) is 30.1 Å². The molecule has 3 aromatic rings. The van der Waals surface area contributed by atoms with Crippen molar-refractivity contribution in [3.63, 3.8) is 0 Å². The minimum absolute atomic E-state index is 0.130. The molecule has 4 rings (SSSR count). The van der Waals surface area contributed by atoms with Gasteiger partial charge in [-0.3, -0.25) is 9.59 Å². The van der Waals surface area contributed by atoms with Crippen LogP contribution in [0.1, 0.15) is 42.1 Å². The Hall–Kier alpha value is -4.04. The van der Waals surface area contributed by atoms with Crippen LogP contribution >= 0.6 is 0 Å². The lowest BCUT2D eigenvalue weighted by Gasteiger charge is -2.32. The standard InChI is InChI=1S/C26H23F8N5O2/c1-2-17-21(28)24(41)38-22(37-17)19-16(26(32,33)34)5-3-14(20(19)27)11-36-23(40)13-7-9-39(10-8-13)18-6-4-15(12-35-18)25(29,30)31/h3-6,12-13H,2,7-11H2,1H3,(H,36,40)(H,37,38,41). The second-order valence-corrected chi connectivity index (χ2v) is 9.37. The van der Waals surface area contributed by atoms with Gasteiger partial charge >= 0.3 is 12.4 Å². The molecule has 1 amide bonds. The molecule has 2 aromatic heterocycles. The Morgan fingerprint density at radius 1 is 1.02 bits per heavy atom. The first kappa shape index (κ1) is 29.9. The van der Waals surface area contributed by atoms with Crippen LogP contribution in [0.5, 0.6) is 0 Å². The third-order valence-corrected chi connectivity index (χ3v) is 6.75. The molecule has 41 heavy (non-hydrogen) atoms. The highest BCUT2D eigenvalue weighted by atomic mass is 19.4. The summed E-state index contributed by atoms with van der Waals surface area (Å²) in [5, 5.41) is 2.50. The smallest absolute Gasteiger partial charge is 0.357 e.